The molecule has 1 N–H and O–H groups in total. The Morgan fingerprint density at radius 1 is 1.90 bits per heavy atom. The second-order valence-corrected chi connectivity index (χ2v) is 3.02. The molecule has 1 heterocycles. The summed E-state index contributed by atoms with van der Waals surface area (Å²) in [5, 5.41) is 2.80. The minimum atomic E-state index is -0.252. The Balaban J connectivity index is 2.32. The van der Waals surface area contributed by atoms with Crippen LogP contribution in [0.5, 0.6) is 0 Å². The van der Waals surface area contributed by atoms with Crippen LogP contribution < -0.4 is 5.32 Å². The van der Waals surface area contributed by atoms with Gasteiger partial charge < -0.3 is 4.74 Å². The van der Waals surface area contributed by atoms with Crippen LogP contribution in [0, 0.1) is 0 Å². The molecule has 0 saturated carbocycles. The van der Waals surface area contributed by atoms with E-state index in [-0.39, 0.29) is 11.3 Å². The van der Waals surface area contributed by atoms with Gasteiger partial charge in [-0.15, -0.1) is 11.8 Å². The minimum Gasteiger partial charge on any atom is -0.433 e. The molecule has 0 aromatic heterocycles. The molecule has 0 spiro atoms. The maximum absolute atomic E-state index is 10.9. The standard InChI is InChI=1S/C6H9NO2S/c1-2-9-6(8)5-7-3-4-10-5/h2,5,7H,1,3-4H2. The zero-order chi connectivity index (χ0) is 7.40. The fourth-order valence-corrected chi connectivity index (χ4v) is 1.62. The lowest BCUT2D eigenvalue weighted by molar-refractivity contribution is -0.137. The molecule has 1 unspecified atom stereocenters. The lowest BCUT2D eigenvalue weighted by Crippen LogP contribution is -2.29. The van der Waals surface area contributed by atoms with Crippen molar-refractivity contribution in [3.05, 3.63) is 12.8 Å². The first-order valence-electron chi connectivity index (χ1n) is 3.01. The number of carbonyl (C=O) groups excluding carboxylic acids is 1. The van der Waals surface area contributed by atoms with Crippen LogP contribution in [0.15, 0.2) is 12.8 Å². The molecule has 1 atom stereocenters. The second kappa shape index (κ2) is 3.63. The van der Waals surface area contributed by atoms with Crippen molar-refractivity contribution in [3.63, 3.8) is 0 Å². The summed E-state index contributed by atoms with van der Waals surface area (Å²) >= 11 is 1.56. The van der Waals surface area contributed by atoms with Gasteiger partial charge in [-0.2, -0.15) is 0 Å². The van der Waals surface area contributed by atoms with Crippen molar-refractivity contribution in [1.29, 1.82) is 0 Å². The Morgan fingerprint density at radius 3 is 3.20 bits per heavy atom. The highest BCUT2D eigenvalue weighted by atomic mass is 32.2. The van der Waals surface area contributed by atoms with Gasteiger partial charge in [0.05, 0.1) is 6.26 Å². The lowest BCUT2D eigenvalue weighted by atomic mass is 10.6. The number of hydrogen-bond acceptors (Lipinski definition) is 4. The van der Waals surface area contributed by atoms with Gasteiger partial charge in [0.15, 0.2) is 5.37 Å². The fraction of sp³-hybridized carbons (Fsp3) is 0.500. The van der Waals surface area contributed by atoms with E-state index in [1.807, 2.05) is 0 Å². The topological polar surface area (TPSA) is 38.3 Å². The molecular weight excluding hydrogens is 150 g/mol. The maximum Gasteiger partial charge on any atom is 0.338 e. The summed E-state index contributed by atoms with van der Waals surface area (Å²) < 4.78 is 4.57. The molecule has 0 bridgehead atoms. The van der Waals surface area contributed by atoms with Gasteiger partial charge in [0, 0.05) is 12.3 Å². The van der Waals surface area contributed by atoms with Crippen LogP contribution in [0.3, 0.4) is 0 Å². The largest absolute Gasteiger partial charge is 0.433 e. The Labute approximate surface area is 63.8 Å². The number of rotatable bonds is 2. The molecule has 0 aliphatic carbocycles. The van der Waals surface area contributed by atoms with E-state index in [0.717, 1.165) is 18.6 Å². The third-order valence-corrected chi connectivity index (χ3v) is 2.26. The highest BCUT2D eigenvalue weighted by molar-refractivity contribution is 8.00. The quantitative estimate of drug-likeness (QED) is 0.465. The smallest absolute Gasteiger partial charge is 0.338 e. The molecule has 1 rings (SSSR count). The minimum absolute atomic E-state index is 0.182. The van der Waals surface area contributed by atoms with E-state index in [1.54, 1.807) is 11.8 Å². The molecule has 1 aliphatic rings. The number of esters is 1. The van der Waals surface area contributed by atoms with Crippen LogP contribution in [0.4, 0.5) is 0 Å². The average Bonchev–Trinajstić information content (AvgIpc) is 2.38. The highest BCUT2D eigenvalue weighted by Gasteiger charge is 2.23. The predicted molar refractivity (Wildman–Crippen MR) is 40.5 cm³/mol. The van der Waals surface area contributed by atoms with Crippen molar-refractivity contribution < 1.29 is 9.53 Å². The molecule has 3 nitrogen and oxygen atoms in total. The summed E-state index contributed by atoms with van der Waals surface area (Å²) in [4.78, 5) is 10.9. The normalized spacial score (nSPS) is 24.2. The van der Waals surface area contributed by atoms with Crippen LogP contribution in [-0.4, -0.2) is 23.6 Å². The first kappa shape index (κ1) is 7.63. The fourth-order valence-electron chi connectivity index (χ4n) is 0.721. The number of ether oxygens (including phenoxy) is 1. The summed E-state index contributed by atoms with van der Waals surface area (Å²) in [7, 11) is 0. The third kappa shape index (κ3) is 1.75. The van der Waals surface area contributed by atoms with Crippen molar-refractivity contribution in [3.8, 4) is 0 Å². The van der Waals surface area contributed by atoms with Crippen LogP contribution >= 0.6 is 11.8 Å². The van der Waals surface area contributed by atoms with E-state index in [2.05, 4.69) is 16.6 Å². The molecule has 10 heavy (non-hydrogen) atoms. The van der Waals surface area contributed by atoms with Gasteiger partial charge in [0.1, 0.15) is 0 Å². The van der Waals surface area contributed by atoms with Gasteiger partial charge in [0.2, 0.25) is 0 Å². The third-order valence-electron chi connectivity index (χ3n) is 1.13. The van der Waals surface area contributed by atoms with Gasteiger partial charge in [-0.05, 0) is 0 Å². The number of nitrogens with one attached hydrogen (secondary N) is 1. The first-order valence-corrected chi connectivity index (χ1v) is 4.06. The number of carbonyl (C=O) groups is 1. The molecule has 1 saturated heterocycles. The molecular formula is C6H9NO2S. The van der Waals surface area contributed by atoms with Crippen LogP contribution in [0.25, 0.3) is 0 Å². The Bertz CT molecular complexity index is 143. The van der Waals surface area contributed by atoms with E-state index in [1.165, 1.54) is 0 Å². The van der Waals surface area contributed by atoms with E-state index in [4.69, 9.17) is 0 Å². The van der Waals surface area contributed by atoms with Gasteiger partial charge in [-0.3, -0.25) is 5.32 Å². The first-order chi connectivity index (χ1) is 4.84. The molecule has 56 valence electrons. The zero-order valence-electron chi connectivity index (χ0n) is 5.50. The molecule has 1 fully saturated rings. The van der Waals surface area contributed by atoms with Gasteiger partial charge >= 0.3 is 5.97 Å². The van der Waals surface area contributed by atoms with E-state index in [9.17, 15) is 4.79 Å². The highest BCUT2D eigenvalue weighted by Crippen LogP contribution is 2.14. The van der Waals surface area contributed by atoms with Crippen LogP contribution in [0.2, 0.25) is 0 Å². The van der Waals surface area contributed by atoms with Crippen LogP contribution in [0.1, 0.15) is 0 Å². The predicted octanol–water partition coefficient (Wildman–Crippen LogP) is 0.336. The van der Waals surface area contributed by atoms with Gasteiger partial charge in [-0.1, -0.05) is 6.58 Å². The monoisotopic (exact) mass is 159 g/mol. The summed E-state index contributed by atoms with van der Waals surface area (Å²) in [5.74, 6) is 0.717. The summed E-state index contributed by atoms with van der Waals surface area (Å²) in [6, 6.07) is 0. The van der Waals surface area contributed by atoms with Crippen molar-refractivity contribution in [2.45, 2.75) is 5.37 Å². The van der Waals surface area contributed by atoms with E-state index in [0.29, 0.717) is 0 Å². The zero-order valence-corrected chi connectivity index (χ0v) is 6.32. The second-order valence-electron chi connectivity index (χ2n) is 1.81. The SMILES string of the molecule is C=COC(=O)C1NCCS1. The van der Waals surface area contributed by atoms with Crippen molar-refractivity contribution in [1.82, 2.24) is 5.32 Å². The van der Waals surface area contributed by atoms with Crippen LogP contribution in [-0.2, 0) is 9.53 Å². The Morgan fingerprint density at radius 2 is 2.70 bits per heavy atom. The Kier molecular flexibility index (Phi) is 2.77. The van der Waals surface area contributed by atoms with Crippen molar-refractivity contribution in [2.75, 3.05) is 12.3 Å². The van der Waals surface area contributed by atoms with E-state index < -0.39 is 0 Å². The molecule has 1 aliphatic heterocycles. The van der Waals surface area contributed by atoms with Crippen molar-refractivity contribution >= 4 is 17.7 Å². The Hall–Kier alpha value is -0.480. The molecule has 0 aromatic rings. The maximum atomic E-state index is 10.9. The van der Waals surface area contributed by atoms with Crippen molar-refractivity contribution in [2.24, 2.45) is 0 Å². The molecule has 4 heteroatoms. The molecule has 0 aromatic carbocycles. The number of hydrogen-bond donors (Lipinski definition) is 1. The van der Waals surface area contributed by atoms with Gasteiger partial charge in [0.25, 0.3) is 0 Å². The lowest BCUT2D eigenvalue weighted by Gasteiger charge is -2.04. The average molecular weight is 159 g/mol. The van der Waals surface area contributed by atoms with Gasteiger partial charge in [-0.25, -0.2) is 4.79 Å². The summed E-state index contributed by atoms with van der Waals surface area (Å²) in [6.07, 6.45) is 1.16. The van der Waals surface area contributed by atoms with E-state index >= 15 is 0 Å². The number of thioether (sulfide) groups is 1. The summed E-state index contributed by atoms with van der Waals surface area (Å²) in [6.45, 7) is 4.17. The summed E-state index contributed by atoms with van der Waals surface area (Å²) in [5.41, 5.74) is 0. The molecule has 0 radical (unpaired) electrons. The molecule has 0 amide bonds.